The summed E-state index contributed by atoms with van der Waals surface area (Å²) in [6, 6.07) is 6.18. The van der Waals surface area contributed by atoms with Gasteiger partial charge in [0, 0.05) is 17.3 Å². The number of carboxylic acids is 1. The second-order valence-electron chi connectivity index (χ2n) is 4.11. The Morgan fingerprint density at radius 2 is 1.67 bits per heavy atom. The first-order valence-electron chi connectivity index (χ1n) is 5.67. The Kier molecular flexibility index (Phi) is 4.18. The average Bonchev–Trinajstić information content (AvgIpc) is 2.37. The first-order valence-corrected chi connectivity index (χ1v) is 6.05. The maximum absolute atomic E-state index is 13.0. The van der Waals surface area contributed by atoms with Gasteiger partial charge in [-0.25, -0.2) is 13.6 Å². The number of anilines is 1. The number of carbonyl (C=O) groups excluding carboxylic acids is 1. The van der Waals surface area contributed by atoms with E-state index in [-0.39, 0.29) is 21.8 Å². The molecule has 2 aromatic rings. The number of amides is 1. The van der Waals surface area contributed by atoms with Crippen LogP contribution in [-0.2, 0) is 0 Å². The fraction of sp³-hybridized carbons (Fsp3) is 0. The van der Waals surface area contributed by atoms with Crippen LogP contribution in [0.4, 0.5) is 14.5 Å². The molecule has 0 aliphatic carbocycles. The SMILES string of the molecule is O=C(Nc1ccc(C(=O)O)c(Cl)c1)c1cc(F)cc(F)c1. The molecule has 2 aromatic carbocycles. The van der Waals surface area contributed by atoms with E-state index in [4.69, 9.17) is 16.7 Å². The van der Waals surface area contributed by atoms with E-state index in [1.165, 1.54) is 18.2 Å². The minimum Gasteiger partial charge on any atom is -0.478 e. The summed E-state index contributed by atoms with van der Waals surface area (Å²) in [6.45, 7) is 0. The molecule has 0 radical (unpaired) electrons. The van der Waals surface area contributed by atoms with E-state index < -0.39 is 23.5 Å². The van der Waals surface area contributed by atoms with Gasteiger partial charge in [0.1, 0.15) is 11.6 Å². The van der Waals surface area contributed by atoms with Gasteiger partial charge in [-0.15, -0.1) is 0 Å². The van der Waals surface area contributed by atoms with E-state index in [2.05, 4.69) is 5.32 Å². The standard InChI is InChI=1S/C14H8ClF2NO3/c15-12-6-10(1-2-11(12)14(20)21)18-13(19)7-3-8(16)5-9(17)4-7/h1-6H,(H,18,19)(H,20,21). The topological polar surface area (TPSA) is 66.4 Å². The van der Waals surface area contributed by atoms with Gasteiger partial charge < -0.3 is 10.4 Å². The van der Waals surface area contributed by atoms with Crippen molar-refractivity contribution < 1.29 is 23.5 Å². The Balaban J connectivity index is 2.23. The quantitative estimate of drug-likeness (QED) is 0.910. The van der Waals surface area contributed by atoms with Gasteiger partial charge in [0.05, 0.1) is 10.6 Å². The van der Waals surface area contributed by atoms with Crippen molar-refractivity contribution in [1.29, 1.82) is 0 Å². The third-order valence-electron chi connectivity index (χ3n) is 2.58. The summed E-state index contributed by atoms with van der Waals surface area (Å²) in [5, 5.41) is 11.1. The van der Waals surface area contributed by atoms with E-state index >= 15 is 0 Å². The van der Waals surface area contributed by atoms with Crippen LogP contribution in [0.3, 0.4) is 0 Å². The smallest absolute Gasteiger partial charge is 0.337 e. The number of halogens is 3. The molecular weight excluding hydrogens is 304 g/mol. The Morgan fingerprint density at radius 1 is 1.05 bits per heavy atom. The predicted octanol–water partition coefficient (Wildman–Crippen LogP) is 3.57. The number of hydrogen-bond acceptors (Lipinski definition) is 2. The number of carbonyl (C=O) groups is 2. The van der Waals surface area contributed by atoms with Gasteiger partial charge in [0.15, 0.2) is 0 Å². The molecule has 2 rings (SSSR count). The van der Waals surface area contributed by atoms with Crippen molar-refractivity contribution in [2.45, 2.75) is 0 Å². The minimum absolute atomic E-state index is 0.0641. The summed E-state index contributed by atoms with van der Waals surface area (Å²) in [6.07, 6.45) is 0. The lowest BCUT2D eigenvalue weighted by Gasteiger charge is -2.07. The number of nitrogens with one attached hydrogen (secondary N) is 1. The van der Waals surface area contributed by atoms with E-state index in [9.17, 15) is 18.4 Å². The molecule has 0 spiro atoms. The number of carboxylic acid groups (broad SMARTS) is 1. The molecule has 0 saturated heterocycles. The normalized spacial score (nSPS) is 10.2. The Morgan fingerprint density at radius 3 is 2.19 bits per heavy atom. The monoisotopic (exact) mass is 311 g/mol. The Bertz CT molecular complexity index is 714. The molecule has 108 valence electrons. The average molecular weight is 312 g/mol. The van der Waals surface area contributed by atoms with Gasteiger partial charge >= 0.3 is 5.97 Å². The van der Waals surface area contributed by atoms with Crippen LogP contribution in [0.5, 0.6) is 0 Å². The zero-order valence-corrected chi connectivity index (χ0v) is 11.1. The fourth-order valence-corrected chi connectivity index (χ4v) is 1.92. The van der Waals surface area contributed by atoms with Gasteiger partial charge in [0.2, 0.25) is 0 Å². The first kappa shape index (κ1) is 14.9. The van der Waals surface area contributed by atoms with Crippen molar-refractivity contribution in [3.63, 3.8) is 0 Å². The van der Waals surface area contributed by atoms with Crippen LogP contribution in [-0.4, -0.2) is 17.0 Å². The Labute approximate surface area is 123 Å². The molecule has 21 heavy (non-hydrogen) atoms. The summed E-state index contributed by atoms with van der Waals surface area (Å²) < 4.78 is 26.1. The molecule has 0 saturated carbocycles. The van der Waals surface area contributed by atoms with Crippen molar-refractivity contribution in [2.24, 2.45) is 0 Å². The van der Waals surface area contributed by atoms with Crippen LogP contribution in [0.1, 0.15) is 20.7 Å². The van der Waals surface area contributed by atoms with E-state index in [1.54, 1.807) is 0 Å². The largest absolute Gasteiger partial charge is 0.478 e. The third kappa shape index (κ3) is 3.55. The van der Waals surface area contributed by atoms with Crippen LogP contribution in [0.15, 0.2) is 36.4 Å². The van der Waals surface area contributed by atoms with E-state index in [0.29, 0.717) is 6.07 Å². The second kappa shape index (κ2) is 5.88. The first-order chi connectivity index (χ1) is 9.86. The van der Waals surface area contributed by atoms with E-state index in [1.807, 2.05) is 0 Å². The van der Waals surface area contributed by atoms with Crippen molar-refractivity contribution in [3.05, 3.63) is 64.2 Å². The van der Waals surface area contributed by atoms with Crippen LogP contribution in [0.25, 0.3) is 0 Å². The van der Waals surface area contributed by atoms with Crippen molar-refractivity contribution in [2.75, 3.05) is 5.32 Å². The lowest BCUT2D eigenvalue weighted by molar-refractivity contribution is 0.0697. The van der Waals surface area contributed by atoms with Crippen LogP contribution >= 0.6 is 11.6 Å². The molecule has 0 heterocycles. The lowest BCUT2D eigenvalue weighted by Crippen LogP contribution is -2.13. The zero-order chi connectivity index (χ0) is 15.6. The third-order valence-corrected chi connectivity index (χ3v) is 2.89. The van der Waals surface area contributed by atoms with Crippen molar-refractivity contribution in [3.8, 4) is 0 Å². The molecule has 0 fully saturated rings. The molecule has 2 N–H and O–H groups in total. The number of aromatic carboxylic acids is 1. The van der Waals surface area contributed by atoms with Gasteiger partial charge in [-0.2, -0.15) is 0 Å². The highest BCUT2D eigenvalue weighted by Crippen LogP contribution is 2.21. The van der Waals surface area contributed by atoms with Crippen LogP contribution in [0.2, 0.25) is 5.02 Å². The zero-order valence-electron chi connectivity index (χ0n) is 10.4. The summed E-state index contributed by atoms with van der Waals surface area (Å²) >= 11 is 5.75. The fourth-order valence-electron chi connectivity index (χ4n) is 1.65. The predicted molar refractivity (Wildman–Crippen MR) is 72.7 cm³/mol. The van der Waals surface area contributed by atoms with Crippen LogP contribution in [0, 0.1) is 11.6 Å². The molecule has 0 atom stereocenters. The molecule has 0 aromatic heterocycles. The molecule has 0 bridgehead atoms. The van der Waals surface area contributed by atoms with Gasteiger partial charge in [0.25, 0.3) is 5.91 Å². The van der Waals surface area contributed by atoms with Crippen molar-refractivity contribution >= 4 is 29.2 Å². The number of rotatable bonds is 3. The number of hydrogen-bond donors (Lipinski definition) is 2. The van der Waals surface area contributed by atoms with Gasteiger partial charge in [-0.05, 0) is 30.3 Å². The molecule has 0 aliphatic rings. The highest BCUT2D eigenvalue weighted by molar-refractivity contribution is 6.33. The molecule has 0 unspecified atom stereocenters. The molecule has 0 aliphatic heterocycles. The van der Waals surface area contributed by atoms with Crippen LogP contribution < -0.4 is 5.32 Å². The highest BCUT2D eigenvalue weighted by atomic mass is 35.5. The summed E-state index contributed by atoms with van der Waals surface area (Å²) in [4.78, 5) is 22.6. The highest BCUT2D eigenvalue weighted by Gasteiger charge is 2.12. The van der Waals surface area contributed by atoms with Crippen molar-refractivity contribution in [1.82, 2.24) is 0 Å². The summed E-state index contributed by atoms with van der Waals surface area (Å²) in [7, 11) is 0. The minimum atomic E-state index is -1.20. The van der Waals surface area contributed by atoms with Gasteiger partial charge in [-0.3, -0.25) is 4.79 Å². The molecule has 4 nitrogen and oxygen atoms in total. The molecule has 7 heteroatoms. The Hall–Kier alpha value is -2.47. The molecule has 1 amide bonds. The summed E-state index contributed by atoms with van der Waals surface area (Å²) in [5.74, 6) is -3.70. The maximum atomic E-state index is 13.0. The molecular formula is C14H8ClF2NO3. The summed E-state index contributed by atoms with van der Waals surface area (Å²) in [5.41, 5.74) is -0.114. The van der Waals surface area contributed by atoms with Gasteiger partial charge in [-0.1, -0.05) is 11.6 Å². The number of benzene rings is 2. The second-order valence-corrected chi connectivity index (χ2v) is 4.52. The van der Waals surface area contributed by atoms with E-state index in [0.717, 1.165) is 12.1 Å². The lowest BCUT2D eigenvalue weighted by atomic mass is 10.1. The maximum Gasteiger partial charge on any atom is 0.337 e.